The Bertz CT molecular complexity index is 402. The molecule has 2 rings (SSSR count). The van der Waals surface area contributed by atoms with Gasteiger partial charge < -0.3 is 10.1 Å². The first-order valence-electron chi connectivity index (χ1n) is 6.93. The van der Waals surface area contributed by atoms with E-state index in [0.29, 0.717) is 12.4 Å². The minimum Gasteiger partial charge on any atom is -0.497 e. The molecule has 0 saturated carbocycles. The lowest BCUT2D eigenvalue weighted by molar-refractivity contribution is 0.164. The Morgan fingerprint density at radius 1 is 1.44 bits per heavy atom. The van der Waals surface area contributed by atoms with Crippen molar-refractivity contribution in [3.05, 3.63) is 11.8 Å². The van der Waals surface area contributed by atoms with Crippen LogP contribution in [0.1, 0.15) is 39.0 Å². The van der Waals surface area contributed by atoms with Gasteiger partial charge in [-0.3, -0.25) is 0 Å². The number of sulfone groups is 1. The fraction of sp³-hybridized carbons (Fsp3) is 0.846. The summed E-state index contributed by atoms with van der Waals surface area (Å²) in [5, 5.41) is 3.00. The van der Waals surface area contributed by atoms with Gasteiger partial charge >= 0.3 is 0 Å². The molecular formula is C13H23NO3S. The van der Waals surface area contributed by atoms with E-state index in [1.54, 1.807) is 0 Å². The largest absolute Gasteiger partial charge is 0.497 e. The molecule has 2 atom stereocenters. The molecular weight excluding hydrogens is 250 g/mol. The van der Waals surface area contributed by atoms with Crippen LogP contribution in [0.15, 0.2) is 11.8 Å². The number of nitrogens with one attached hydrogen (secondary N) is 1. The first kappa shape index (κ1) is 13.9. The second kappa shape index (κ2) is 6.06. The van der Waals surface area contributed by atoms with Crippen LogP contribution in [-0.4, -0.2) is 38.6 Å². The van der Waals surface area contributed by atoms with Crippen LogP contribution in [0.3, 0.4) is 0 Å². The van der Waals surface area contributed by atoms with E-state index in [1.165, 1.54) is 0 Å². The van der Waals surface area contributed by atoms with Crippen molar-refractivity contribution in [1.82, 2.24) is 5.32 Å². The SMILES string of the molecule is CCNC(C1=CCCCO1)C1CCCCS1(=O)=O. The molecule has 2 aliphatic heterocycles. The second-order valence-electron chi connectivity index (χ2n) is 5.03. The molecule has 4 nitrogen and oxygen atoms in total. The predicted molar refractivity (Wildman–Crippen MR) is 72.2 cm³/mol. The smallest absolute Gasteiger partial charge is 0.155 e. The van der Waals surface area contributed by atoms with Crippen molar-refractivity contribution in [3.63, 3.8) is 0 Å². The average Bonchev–Trinajstić information content (AvgIpc) is 2.37. The van der Waals surface area contributed by atoms with Crippen molar-refractivity contribution in [2.75, 3.05) is 18.9 Å². The molecule has 2 unspecified atom stereocenters. The van der Waals surface area contributed by atoms with Gasteiger partial charge in [-0.25, -0.2) is 8.42 Å². The van der Waals surface area contributed by atoms with Crippen molar-refractivity contribution >= 4 is 9.84 Å². The minimum absolute atomic E-state index is 0.152. The summed E-state index contributed by atoms with van der Waals surface area (Å²) in [5.41, 5.74) is 0. The first-order chi connectivity index (χ1) is 8.65. The Morgan fingerprint density at radius 3 is 2.89 bits per heavy atom. The average molecular weight is 273 g/mol. The topological polar surface area (TPSA) is 55.4 Å². The third kappa shape index (κ3) is 3.06. The molecule has 5 heteroatoms. The van der Waals surface area contributed by atoms with Crippen molar-refractivity contribution < 1.29 is 13.2 Å². The first-order valence-corrected chi connectivity index (χ1v) is 8.64. The van der Waals surface area contributed by atoms with E-state index < -0.39 is 9.84 Å². The lowest BCUT2D eigenvalue weighted by Gasteiger charge is -2.33. The number of rotatable bonds is 4. The summed E-state index contributed by atoms with van der Waals surface area (Å²) in [4.78, 5) is 0. The minimum atomic E-state index is -2.98. The van der Waals surface area contributed by atoms with Crippen LogP contribution < -0.4 is 5.32 Å². The molecule has 2 aliphatic rings. The van der Waals surface area contributed by atoms with Gasteiger partial charge in [0.25, 0.3) is 0 Å². The van der Waals surface area contributed by atoms with E-state index in [4.69, 9.17) is 4.74 Å². The van der Waals surface area contributed by atoms with Gasteiger partial charge in [-0.15, -0.1) is 0 Å². The molecule has 1 saturated heterocycles. The number of hydrogen-bond acceptors (Lipinski definition) is 4. The Hall–Kier alpha value is -0.550. The standard InChI is InChI=1S/C13H23NO3S/c1-2-14-13(11-7-3-5-9-17-11)12-8-4-6-10-18(12,15)16/h7,12-14H,2-6,8-10H2,1H3. The van der Waals surface area contributed by atoms with E-state index in [2.05, 4.69) is 11.4 Å². The Balaban J connectivity index is 2.20. The maximum absolute atomic E-state index is 12.2. The monoisotopic (exact) mass is 273 g/mol. The molecule has 104 valence electrons. The summed E-state index contributed by atoms with van der Waals surface area (Å²) < 4.78 is 30.1. The summed E-state index contributed by atoms with van der Waals surface area (Å²) >= 11 is 0. The molecule has 1 fully saturated rings. The highest BCUT2D eigenvalue weighted by Gasteiger charge is 2.38. The fourth-order valence-electron chi connectivity index (χ4n) is 2.78. The summed E-state index contributed by atoms with van der Waals surface area (Å²) in [6, 6.07) is -0.152. The lowest BCUT2D eigenvalue weighted by atomic mass is 10.0. The molecule has 0 aromatic carbocycles. The van der Waals surface area contributed by atoms with Gasteiger partial charge in [-0.05, 0) is 38.3 Å². The molecule has 0 radical (unpaired) electrons. The molecule has 0 aliphatic carbocycles. The van der Waals surface area contributed by atoms with E-state index >= 15 is 0 Å². The zero-order chi connectivity index (χ0) is 13.0. The molecule has 0 aromatic heterocycles. The number of likely N-dealkylation sites (N-methyl/N-ethyl adjacent to an activating group) is 1. The van der Waals surface area contributed by atoms with Crippen molar-refractivity contribution in [2.24, 2.45) is 0 Å². The van der Waals surface area contributed by atoms with E-state index in [0.717, 1.165) is 44.4 Å². The van der Waals surface area contributed by atoms with Gasteiger partial charge in [0.15, 0.2) is 9.84 Å². The number of hydrogen-bond donors (Lipinski definition) is 1. The highest BCUT2D eigenvalue weighted by Crippen LogP contribution is 2.27. The fourth-order valence-corrected chi connectivity index (χ4v) is 4.86. The van der Waals surface area contributed by atoms with Crippen LogP contribution in [0, 0.1) is 0 Å². The summed E-state index contributed by atoms with van der Waals surface area (Å²) in [6.45, 7) is 3.48. The lowest BCUT2D eigenvalue weighted by Crippen LogP contribution is -2.48. The van der Waals surface area contributed by atoms with E-state index in [1.807, 2.05) is 6.92 Å². The Morgan fingerprint density at radius 2 is 2.28 bits per heavy atom. The Kier molecular flexibility index (Phi) is 4.67. The maximum atomic E-state index is 12.2. The van der Waals surface area contributed by atoms with Gasteiger partial charge in [0, 0.05) is 0 Å². The van der Waals surface area contributed by atoms with Crippen LogP contribution in [0.5, 0.6) is 0 Å². The van der Waals surface area contributed by atoms with Gasteiger partial charge in [0.1, 0.15) is 5.76 Å². The van der Waals surface area contributed by atoms with Crippen LogP contribution in [-0.2, 0) is 14.6 Å². The van der Waals surface area contributed by atoms with Gasteiger partial charge in [-0.2, -0.15) is 0 Å². The molecule has 18 heavy (non-hydrogen) atoms. The molecule has 1 N–H and O–H groups in total. The van der Waals surface area contributed by atoms with Crippen LogP contribution in [0.25, 0.3) is 0 Å². The van der Waals surface area contributed by atoms with Crippen molar-refractivity contribution in [3.8, 4) is 0 Å². The van der Waals surface area contributed by atoms with Crippen molar-refractivity contribution in [2.45, 2.75) is 50.3 Å². The zero-order valence-electron chi connectivity index (χ0n) is 11.0. The normalized spacial score (nSPS) is 29.2. The van der Waals surface area contributed by atoms with E-state index in [9.17, 15) is 8.42 Å². The third-order valence-electron chi connectivity index (χ3n) is 3.69. The molecule has 0 spiro atoms. The summed E-state index contributed by atoms with van der Waals surface area (Å²) in [7, 11) is -2.98. The third-order valence-corrected chi connectivity index (χ3v) is 5.98. The number of allylic oxidation sites excluding steroid dienone is 1. The highest BCUT2D eigenvalue weighted by atomic mass is 32.2. The maximum Gasteiger partial charge on any atom is 0.155 e. The second-order valence-corrected chi connectivity index (χ2v) is 7.37. The van der Waals surface area contributed by atoms with Gasteiger partial charge in [-0.1, -0.05) is 13.3 Å². The van der Waals surface area contributed by atoms with Gasteiger partial charge in [0.05, 0.1) is 23.7 Å². The number of ether oxygens (including phenoxy) is 1. The zero-order valence-corrected chi connectivity index (χ0v) is 11.8. The van der Waals surface area contributed by atoms with Crippen LogP contribution >= 0.6 is 0 Å². The van der Waals surface area contributed by atoms with Crippen molar-refractivity contribution in [1.29, 1.82) is 0 Å². The quantitative estimate of drug-likeness (QED) is 0.846. The van der Waals surface area contributed by atoms with Crippen LogP contribution in [0.2, 0.25) is 0 Å². The van der Waals surface area contributed by atoms with Crippen LogP contribution in [0.4, 0.5) is 0 Å². The molecule has 2 heterocycles. The van der Waals surface area contributed by atoms with Gasteiger partial charge in [0.2, 0.25) is 0 Å². The molecule has 0 amide bonds. The molecule has 0 aromatic rings. The predicted octanol–water partition coefficient (Wildman–Crippen LogP) is 1.63. The summed E-state index contributed by atoms with van der Waals surface area (Å²) in [6.07, 6.45) is 6.63. The summed E-state index contributed by atoms with van der Waals surface area (Å²) in [5.74, 6) is 1.17. The highest BCUT2D eigenvalue weighted by molar-refractivity contribution is 7.92. The van der Waals surface area contributed by atoms with E-state index in [-0.39, 0.29) is 11.3 Å². The Labute approximate surface area is 110 Å². The molecule has 0 bridgehead atoms.